The molecule has 0 aromatic heterocycles. The zero-order valence-electron chi connectivity index (χ0n) is 38.7. The number of hydrogen-bond donors (Lipinski definition) is 6. The number of hydrazine groups is 1. The number of aliphatic hydroxyl groups is 4. The van der Waals surface area contributed by atoms with E-state index >= 15 is 0 Å². The van der Waals surface area contributed by atoms with E-state index in [1.54, 1.807) is 76.2 Å². The smallest absolute Gasteiger partial charge is 0.316 e. The minimum Gasteiger partial charge on any atom is -0.461 e. The van der Waals surface area contributed by atoms with Crippen molar-refractivity contribution < 1.29 is 68.2 Å². The molecule has 0 saturated heterocycles. The van der Waals surface area contributed by atoms with E-state index < -0.39 is 58.5 Å². The van der Waals surface area contributed by atoms with Crippen LogP contribution in [0.3, 0.4) is 0 Å². The first-order valence-electron chi connectivity index (χ1n) is 20.1. The van der Waals surface area contributed by atoms with Crippen molar-refractivity contribution in [2.24, 2.45) is 22.1 Å². The normalized spacial score (nSPS) is 26.1. The number of nitrogens with one attached hydrogen (secondary N) is 1. The first-order valence-corrected chi connectivity index (χ1v) is 22.4. The Balaban J connectivity index is 0. The first kappa shape index (κ1) is 64.4. The van der Waals surface area contributed by atoms with E-state index in [0.717, 1.165) is 19.1 Å². The molecule has 16 nitrogen and oxygen atoms in total. The predicted molar refractivity (Wildman–Crippen MR) is 246 cm³/mol. The topological polar surface area (TPSA) is 266 Å². The van der Waals surface area contributed by atoms with E-state index in [-0.39, 0.29) is 47.9 Å². The summed E-state index contributed by atoms with van der Waals surface area (Å²) < 4.78 is 11.1. The molecule has 1 unspecified atom stereocenters. The summed E-state index contributed by atoms with van der Waals surface area (Å²) in [6.07, 6.45) is 4.34. The van der Waals surface area contributed by atoms with Gasteiger partial charge in [0, 0.05) is 44.6 Å². The van der Waals surface area contributed by atoms with Crippen molar-refractivity contribution in [3.05, 3.63) is 12.8 Å². The van der Waals surface area contributed by atoms with Gasteiger partial charge in [0.1, 0.15) is 23.8 Å². The number of hydrogen-bond acceptors (Lipinski definition) is 16. The van der Waals surface area contributed by atoms with Crippen LogP contribution in [-0.4, -0.2) is 110 Å². The maximum absolute atomic E-state index is 11.4. The fourth-order valence-corrected chi connectivity index (χ4v) is 5.29. The molecule has 0 amide bonds. The van der Waals surface area contributed by atoms with E-state index in [0.29, 0.717) is 44.6 Å². The molecule has 5 rings (SSSR count). The van der Waals surface area contributed by atoms with E-state index in [4.69, 9.17) is 105 Å². The van der Waals surface area contributed by atoms with E-state index in [1.165, 1.54) is 0 Å². The average Bonchev–Trinajstić information content (AvgIpc) is 3.04. The van der Waals surface area contributed by atoms with Crippen LogP contribution in [0.5, 0.6) is 0 Å². The van der Waals surface area contributed by atoms with Crippen LogP contribution < -0.4 is 11.3 Å². The molecular formula is C42H68Cl6N2O14. The molecular weight excluding hydrogens is 969 g/mol. The summed E-state index contributed by atoms with van der Waals surface area (Å²) in [6.45, 7) is 24.4. The minimum absolute atomic E-state index is 0.106. The molecule has 0 spiro atoms. The number of carbonyl (C=O) groups is 7. The van der Waals surface area contributed by atoms with Gasteiger partial charge >= 0.3 is 17.9 Å². The molecule has 0 bridgehead atoms. The first-order chi connectivity index (χ1) is 28.3. The van der Waals surface area contributed by atoms with Gasteiger partial charge in [-0.2, -0.15) is 0 Å². The highest BCUT2D eigenvalue weighted by Gasteiger charge is 2.56. The maximum atomic E-state index is 11.4. The highest BCUT2D eigenvalue weighted by Crippen LogP contribution is 2.42. The van der Waals surface area contributed by atoms with Crippen LogP contribution in [0.15, 0.2) is 12.8 Å². The number of alkyl halides is 5. The molecule has 5 aliphatic rings. The van der Waals surface area contributed by atoms with Gasteiger partial charge in [0.15, 0.2) is 5.78 Å². The van der Waals surface area contributed by atoms with Crippen molar-refractivity contribution in [1.29, 1.82) is 0 Å². The summed E-state index contributed by atoms with van der Waals surface area (Å²) in [5, 5.41) is 34.5. The number of carbonyl (C=O) groups excluding carboxylic acids is 7. The van der Waals surface area contributed by atoms with E-state index in [1.807, 2.05) is 6.92 Å². The number of nitrogens with two attached hydrogens (primary N) is 1. The molecule has 5 aliphatic carbocycles. The molecule has 5 fully saturated rings. The fraction of sp³-hybridized carbons (Fsp3) is 0.786. The van der Waals surface area contributed by atoms with Crippen molar-refractivity contribution in [2.75, 3.05) is 0 Å². The molecule has 5 saturated carbocycles. The quantitative estimate of drug-likeness (QED) is 0.0330. The van der Waals surface area contributed by atoms with Gasteiger partial charge in [-0.1, -0.05) is 64.6 Å². The van der Waals surface area contributed by atoms with Gasteiger partial charge < -0.3 is 34.6 Å². The second kappa shape index (κ2) is 25.6. The second-order valence-corrected chi connectivity index (χ2v) is 23.9. The largest absolute Gasteiger partial charge is 0.461 e. The third kappa shape index (κ3) is 26.6. The number of ketones is 3. The molecule has 1 atom stereocenters. The predicted octanol–water partition coefficient (Wildman–Crippen LogP) is 6.59. The Morgan fingerprint density at radius 1 is 0.703 bits per heavy atom. The van der Waals surface area contributed by atoms with Gasteiger partial charge in [-0.15, -0.1) is 0 Å². The van der Waals surface area contributed by atoms with Gasteiger partial charge in [-0.25, -0.2) is 0 Å². The molecule has 64 heavy (non-hydrogen) atoms. The monoisotopic (exact) mass is 1030 g/mol. The number of aliphatic hydroxyl groups excluding tert-OH is 1. The lowest BCUT2D eigenvalue weighted by Gasteiger charge is -2.40. The molecule has 372 valence electrons. The standard InChI is InChI=1S/C9H12Cl2O3.C9H14O3.C7H12O2.C5H12N2O.C5H10O2.C5H8O2.C2Cl4O/c1-8(2,3)7(13)14-6-4-5(12)9(6,10)11;1-9(2,3)8(11)12-7-4-6(10)5-7;1-5-9-6(8)7(2,3)4;1-5(8)2-4(3-5)7-6;2*1-5(7)2-4(6)3-5;3-1(7)2(4,5)6/h6H,4H2,1-3H3;7H,4-5H2,1-3H3;5H,1H2,2-4H3;4,7-8H,2-3,6H2,1H3;4,6-7H,2-3H2,1H3;7H,2-3H2,1H3;. The van der Waals surface area contributed by atoms with Crippen molar-refractivity contribution in [3.8, 4) is 0 Å². The summed E-state index contributed by atoms with van der Waals surface area (Å²) in [5.74, 6) is 4.27. The number of Topliss-reactive ketones (excluding diaryl/α,β-unsaturated/α-hetero) is 3. The molecule has 0 aromatic rings. The Morgan fingerprint density at radius 3 is 1.23 bits per heavy atom. The molecule has 22 heteroatoms. The fourth-order valence-electron chi connectivity index (χ4n) is 4.89. The zero-order chi connectivity index (χ0) is 51.3. The van der Waals surface area contributed by atoms with Crippen molar-refractivity contribution in [2.45, 2.75) is 190 Å². The van der Waals surface area contributed by atoms with E-state index in [2.05, 4.69) is 16.7 Å². The number of esters is 3. The minimum atomic E-state index is -1.96. The van der Waals surface area contributed by atoms with Crippen molar-refractivity contribution >= 4 is 110 Å². The summed E-state index contributed by atoms with van der Waals surface area (Å²) in [6, 6.07) is 0.338. The Bertz CT molecular complexity index is 1590. The third-order valence-corrected chi connectivity index (χ3v) is 10.9. The Labute approximate surface area is 406 Å². The van der Waals surface area contributed by atoms with Gasteiger partial charge in [-0.3, -0.25) is 44.8 Å². The van der Waals surface area contributed by atoms with Crippen LogP contribution >= 0.6 is 69.6 Å². The molecule has 0 aromatic carbocycles. The lowest BCUT2D eigenvalue weighted by atomic mass is 9.78. The van der Waals surface area contributed by atoms with Crippen LogP contribution in [0.1, 0.15) is 141 Å². The van der Waals surface area contributed by atoms with Crippen LogP contribution in [0.25, 0.3) is 0 Å². The van der Waals surface area contributed by atoms with Gasteiger partial charge in [0.25, 0.3) is 9.03 Å². The SMILES string of the molecule is C=COC(=O)C(C)(C)C.CC(C)(C)C(=O)OC1CC(=O)C1.CC(C)(C)C(=O)OC1CC(=O)C1(Cl)Cl.CC1(O)CC(=O)C1.CC1(O)CC(NN)C1.CC1(O)CC(O)C1.O=C(Cl)C(Cl)(Cl)Cl. The Hall–Kier alpha value is -1.67. The number of rotatable bonds is 4. The van der Waals surface area contributed by atoms with Crippen LogP contribution in [0.2, 0.25) is 0 Å². The highest BCUT2D eigenvalue weighted by atomic mass is 35.6. The van der Waals surface area contributed by atoms with Crippen molar-refractivity contribution in [3.63, 3.8) is 0 Å². The molecule has 0 heterocycles. The lowest BCUT2D eigenvalue weighted by Crippen LogP contribution is -2.55. The van der Waals surface area contributed by atoms with Gasteiger partial charge in [0.05, 0.1) is 51.8 Å². The summed E-state index contributed by atoms with van der Waals surface area (Å²) in [5.41, 5.74) is -0.553. The maximum Gasteiger partial charge on any atom is 0.316 e. The van der Waals surface area contributed by atoms with Crippen molar-refractivity contribution in [1.82, 2.24) is 5.43 Å². The van der Waals surface area contributed by atoms with Gasteiger partial charge in [0.2, 0.25) is 4.33 Å². The molecule has 0 aliphatic heterocycles. The summed E-state index contributed by atoms with van der Waals surface area (Å²) in [7, 11) is 0. The number of halogens is 6. The third-order valence-electron chi connectivity index (χ3n) is 8.95. The molecule has 0 radical (unpaired) electrons. The number of ether oxygens (including phenoxy) is 3. The van der Waals surface area contributed by atoms with E-state index in [9.17, 15) is 33.6 Å². The average molecular weight is 1040 g/mol. The molecule has 7 N–H and O–H groups in total. The van der Waals surface area contributed by atoms with Crippen LogP contribution in [0, 0.1) is 16.2 Å². The lowest BCUT2D eigenvalue weighted by molar-refractivity contribution is -0.166. The summed E-state index contributed by atoms with van der Waals surface area (Å²) in [4.78, 5) is 74.9. The second-order valence-electron chi connectivity index (χ2n) is 19.9. The zero-order valence-corrected chi connectivity index (χ0v) is 43.2. The summed E-state index contributed by atoms with van der Waals surface area (Å²) >= 11 is 30.8. The van der Waals surface area contributed by atoms with Crippen LogP contribution in [-0.2, 0) is 47.8 Å². The highest BCUT2D eigenvalue weighted by molar-refractivity contribution is 6.88. The van der Waals surface area contributed by atoms with Crippen LogP contribution in [0.4, 0.5) is 0 Å². The van der Waals surface area contributed by atoms with Gasteiger partial charge in [-0.05, 0) is 108 Å². The Morgan fingerprint density at radius 2 is 1.08 bits per heavy atom. The Kier molecular flexibility index (Phi) is 25.8.